The molecule has 14 nitrogen and oxygen atoms in total. The van der Waals surface area contributed by atoms with Gasteiger partial charge >= 0.3 is 24.1 Å². The van der Waals surface area contributed by atoms with Crippen molar-refractivity contribution < 1.29 is 57.3 Å². The van der Waals surface area contributed by atoms with Crippen molar-refractivity contribution in [1.82, 2.24) is 9.96 Å². The Morgan fingerprint density at radius 2 is 1.22 bits per heavy atom. The molecule has 1 aliphatic heterocycles. The number of hydrogen-bond donors (Lipinski definition) is 0. The van der Waals surface area contributed by atoms with E-state index in [9.17, 15) is 33.6 Å². The van der Waals surface area contributed by atoms with Crippen molar-refractivity contribution in [3.63, 3.8) is 0 Å². The van der Waals surface area contributed by atoms with E-state index in [1.165, 1.54) is 0 Å². The summed E-state index contributed by atoms with van der Waals surface area (Å²) in [7, 11) is 0. The van der Waals surface area contributed by atoms with E-state index in [2.05, 4.69) is 14.3 Å². The van der Waals surface area contributed by atoms with Gasteiger partial charge in [-0.25, -0.2) is 4.79 Å². The minimum Gasteiger partial charge on any atom is -0.459 e. The second-order valence-corrected chi connectivity index (χ2v) is 9.62. The molecule has 0 aromatic rings. The minimum atomic E-state index is -1.44. The van der Waals surface area contributed by atoms with Crippen molar-refractivity contribution in [2.75, 3.05) is 19.9 Å². The fraction of sp³-hybridized carbons (Fsp3) is 0.682. The Morgan fingerprint density at radius 1 is 0.750 bits per heavy atom. The first-order valence-electron chi connectivity index (χ1n) is 11.0. The normalized spacial score (nSPS) is 13.7. The van der Waals surface area contributed by atoms with E-state index >= 15 is 0 Å². The van der Waals surface area contributed by atoms with Gasteiger partial charge in [0.15, 0.2) is 0 Å². The molecule has 0 aromatic heterocycles. The summed E-state index contributed by atoms with van der Waals surface area (Å²) in [5.41, 5.74) is -1.64. The predicted octanol–water partition coefficient (Wildman–Crippen LogP) is 0.997. The van der Waals surface area contributed by atoms with Gasteiger partial charge in [0.05, 0.1) is 6.42 Å². The molecular formula is C22H32N2O12. The summed E-state index contributed by atoms with van der Waals surface area (Å²) in [6.45, 7) is 7.83. The van der Waals surface area contributed by atoms with E-state index in [1.54, 1.807) is 41.5 Å². The molecule has 1 heterocycles. The lowest BCUT2D eigenvalue weighted by Crippen LogP contribution is -2.43. The third-order valence-electron chi connectivity index (χ3n) is 3.94. The number of ether oxygens (including phenoxy) is 4. The highest BCUT2D eigenvalue weighted by Crippen LogP contribution is 2.13. The molecule has 36 heavy (non-hydrogen) atoms. The van der Waals surface area contributed by atoms with E-state index in [0.29, 0.717) is 0 Å². The molecule has 14 heteroatoms. The Hall–Kier alpha value is -3.71. The van der Waals surface area contributed by atoms with Gasteiger partial charge < -0.3 is 23.8 Å². The molecule has 0 bridgehead atoms. The van der Waals surface area contributed by atoms with Gasteiger partial charge in [0.25, 0.3) is 11.8 Å². The second-order valence-electron chi connectivity index (χ2n) is 9.62. The molecule has 1 aliphatic rings. The van der Waals surface area contributed by atoms with Crippen LogP contribution in [0.2, 0.25) is 0 Å². The van der Waals surface area contributed by atoms with Gasteiger partial charge in [-0.05, 0) is 41.5 Å². The smallest absolute Gasteiger partial charge is 0.459 e. The largest absolute Gasteiger partial charge is 0.536 e. The Kier molecular flexibility index (Phi) is 10.8. The van der Waals surface area contributed by atoms with Crippen molar-refractivity contribution in [3.05, 3.63) is 0 Å². The van der Waals surface area contributed by atoms with Gasteiger partial charge in [-0.1, -0.05) is 5.06 Å². The summed E-state index contributed by atoms with van der Waals surface area (Å²) < 4.78 is 19.5. The maximum Gasteiger partial charge on any atom is 0.536 e. The molecular weight excluding hydrogens is 484 g/mol. The Bertz CT molecular complexity index is 838. The lowest BCUT2D eigenvalue weighted by molar-refractivity contribution is -0.182. The van der Waals surface area contributed by atoms with Crippen LogP contribution < -0.4 is 0 Å². The number of esters is 3. The summed E-state index contributed by atoms with van der Waals surface area (Å²) in [6, 6.07) is 0. The van der Waals surface area contributed by atoms with Crippen LogP contribution in [0.4, 0.5) is 4.79 Å². The van der Waals surface area contributed by atoms with Crippen LogP contribution in [0, 0.1) is 0 Å². The molecule has 0 radical (unpaired) electrons. The van der Waals surface area contributed by atoms with Gasteiger partial charge in [0.1, 0.15) is 24.3 Å². The number of carbonyl (C=O) groups is 7. The lowest BCUT2D eigenvalue weighted by Gasteiger charge is -2.26. The highest BCUT2D eigenvalue weighted by atomic mass is 16.9. The zero-order chi connectivity index (χ0) is 27.7. The molecule has 1 fully saturated rings. The maximum atomic E-state index is 12.6. The third kappa shape index (κ3) is 12.1. The Balaban J connectivity index is 2.55. The number of hydrogen-bond acceptors (Lipinski definition) is 12. The maximum absolute atomic E-state index is 12.6. The van der Waals surface area contributed by atoms with Crippen LogP contribution in [0.25, 0.3) is 0 Å². The standard InChI is InChI=1S/C22H32N2O12/c1-21(2,3)34-18(29)11-23(12-19(30)35-22(4,5)6)14(25)9-10-17(28)32-13-33-20(31)36-24-15(26)7-8-16(24)27/h7-13H2,1-6H3. The topological polar surface area (TPSA) is 172 Å². The van der Waals surface area contributed by atoms with Gasteiger partial charge in [-0.2, -0.15) is 0 Å². The fourth-order valence-corrected chi connectivity index (χ4v) is 2.63. The average Bonchev–Trinajstić information content (AvgIpc) is 3.00. The predicted molar refractivity (Wildman–Crippen MR) is 117 cm³/mol. The second kappa shape index (κ2) is 12.8. The van der Waals surface area contributed by atoms with Crippen LogP contribution in [0.1, 0.15) is 67.2 Å². The lowest BCUT2D eigenvalue weighted by atomic mass is 10.2. The highest BCUT2D eigenvalue weighted by Gasteiger charge is 2.33. The molecule has 1 saturated heterocycles. The molecule has 0 spiro atoms. The summed E-state index contributed by atoms with van der Waals surface area (Å²) >= 11 is 0. The molecule has 0 unspecified atom stereocenters. The molecule has 0 aliphatic carbocycles. The van der Waals surface area contributed by atoms with E-state index in [1.807, 2.05) is 0 Å². The minimum absolute atomic E-state index is 0.103. The number of rotatable bonds is 10. The molecule has 0 N–H and O–H groups in total. The van der Waals surface area contributed by atoms with Crippen LogP contribution in [-0.2, 0) is 52.6 Å². The summed E-state index contributed by atoms with van der Waals surface area (Å²) in [5, 5.41) is 0.257. The summed E-state index contributed by atoms with van der Waals surface area (Å²) in [6.07, 6.45) is -2.56. The summed E-state index contributed by atoms with van der Waals surface area (Å²) in [4.78, 5) is 88.4. The van der Waals surface area contributed by atoms with Crippen molar-refractivity contribution in [2.24, 2.45) is 0 Å². The number of hydroxylamine groups is 2. The van der Waals surface area contributed by atoms with E-state index < -0.39 is 85.7 Å². The van der Waals surface area contributed by atoms with Crippen LogP contribution >= 0.6 is 0 Å². The number of carbonyl (C=O) groups excluding carboxylic acids is 7. The van der Waals surface area contributed by atoms with Crippen LogP contribution in [-0.4, -0.2) is 82.8 Å². The fourth-order valence-electron chi connectivity index (χ4n) is 2.63. The van der Waals surface area contributed by atoms with E-state index in [0.717, 1.165) is 4.90 Å². The SMILES string of the molecule is CC(C)(C)OC(=O)CN(CC(=O)OC(C)(C)C)C(=O)CCC(=O)OCOC(=O)ON1C(=O)CCC1=O. The van der Waals surface area contributed by atoms with Gasteiger partial charge in [-0.3, -0.25) is 33.6 Å². The number of nitrogens with zero attached hydrogens (tertiary/aromatic N) is 2. The first kappa shape index (κ1) is 30.3. The summed E-state index contributed by atoms with van der Waals surface area (Å²) in [5.74, 6) is -4.62. The highest BCUT2D eigenvalue weighted by molar-refractivity contribution is 6.01. The average molecular weight is 517 g/mol. The monoisotopic (exact) mass is 516 g/mol. The van der Waals surface area contributed by atoms with Gasteiger partial charge in [0.2, 0.25) is 12.7 Å². The molecule has 0 atom stereocenters. The molecule has 0 saturated carbocycles. The molecule has 3 amide bonds. The van der Waals surface area contributed by atoms with Crippen molar-refractivity contribution in [1.29, 1.82) is 0 Å². The molecule has 1 rings (SSSR count). The van der Waals surface area contributed by atoms with Crippen molar-refractivity contribution in [3.8, 4) is 0 Å². The van der Waals surface area contributed by atoms with Crippen LogP contribution in [0.5, 0.6) is 0 Å². The Morgan fingerprint density at radius 3 is 1.67 bits per heavy atom. The zero-order valence-electron chi connectivity index (χ0n) is 21.2. The van der Waals surface area contributed by atoms with E-state index in [4.69, 9.17) is 9.47 Å². The number of imide groups is 1. The van der Waals surface area contributed by atoms with Crippen LogP contribution in [0.3, 0.4) is 0 Å². The van der Waals surface area contributed by atoms with E-state index in [-0.39, 0.29) is 17.9 Å². The van der Waals surface area contributed by atoms with Crippen molar-refractivity contribution in [2.45, 2.75) is 78.4 Å². The first-order chi connectivity index (χ1) is 16.5. The number of amides is 3. The zero-order valence-corrected chi connectivity index (χ0v) is 21.2. The van der Waals surface area contributed by atoms with Gasteiger partial charge in [0, 0.05) is 19.3 Å². The third-order valence-corrected chi connectivity index (χ3v) is 3.94. The molecule has 0 aromatic carbocycles. The quantitative estimate of drug-likeness (QED) is 0.175. The first-order valence-corrected chi connectivity index (χ1v) is 11.0. The van der Waals surface area contributed by atoms with Gasteiger partial charge in [-0.15, -0.1) is 0 Å². The van der Waals surface area contributed by atoms with Crippen molar-refractivity contribution >= 4 is 41.8 Å². The van der Waals surface area contributed by atoms with Crippen LogP contribution in [0.15, 0.2) is 0 Å². The Labute approximate surface area is 208 Å². The molecule has 202 valence electrons.